The van der Waals surface area contributed by atoms with Crippen LogP contribution in [-0.4, -0.2) is 23.4 Å². The average molecular weight is 287 g/mol. The van der Waals surface area contributed by atoms with Gasteiger partial charge in [0, 0.05) is 11.6 Å². The summed E-state index contributed by atoms with van der Waals surface area (Å²) in [4.78, 5) is 9.12. The van der Waals surface area contributed by atoms with Crippen LogP contribution >= 0.6 is 0 Å². The molecule has 0 unspecified atom stereocenters. The molecule has 0 spiro atoms. The lowest BCUT2D eigenvalue weighted by Gasteiger charge is -2.07. The van der Waals surface area contributed by atoms with Crippen molar-refractivity contribution in [1.82, 2.24) is 15.0 Å². The first-order valence-electron chi connectivity index (χ1n) is 5.63. The van der Waals surface area contributed by atoms with Crippen molar-refractivity contribution in [1.29, 1.82) is 5.26 Å². The Morgan fingerprint density at radius 3 is 2.85 bits per heavy atom. The average Bonchev–Trinajstić information content (AvgIpc) is 3.08. The zero-order valence-electron chi connectivity index (χ0n) is 10.1. The van der Waals surface area contributed by atoms with Gasteiger partial charge in [0.15, 0.2) is 5.03 Å². The Morgan fingerprint density at radius 2 is 2.15 bits per heavy atom. The van der Waals surface area contributed by atoms with Gasteiger partial charge in [0.2, 0.25) is 0 Å². The summed E-state index contributed by atoms with van der Waals surface area (Å²) < 4.78 is 26.7. The molecule has 0 bridgehead atoms. The lowest BCUT2D eigenvalue weighted by atomic mass is 10.2. The van der Waals surface area contributed by atoms with Gasteiger partial charge in [-0.15, -0.1) is 0 Å². The topological polar surface area (TPSA) is 114 Å². The number of para-hydroxylation sites is 1. The van der Waals surface area contributed by atoms with Crippen molar-refractivity contribution in [3.05, 3.63) is 42.5 Å². The third kappa shape index (κ3) is 1.90. The summed E-state index contributed by atoms with van der Waals surface area (Å²) in [5, 5.41) is 9.61. The maximum atomic E-state index is 12.1. The Hall–Kier alpha value is -2.79. The van der Waals surface area contributed by atoms with Crippen molar-refractivity contribution in [2.75, 3.05) is 4.72 Å². The van der Waals surface area contributed by atoms with Crippen LogP contribution in [0.2, 0.25) is 0 Å². The van der Waals surface area contributed by atoms with E-state index in [2.05, 4.69) is 19.7 Å². The van der Waals surface area contributed by atoms with Gasteiger partial charge in [0.1, 0.15) is 6.07 Å². The Kier molecular flexibility index (Phi) is 2.69. The molecule has 3 rings (SSSR count). The number of nitriles is 1. The summed E-state index contributed by atoms with van der Waals surface area (Å²) in [6.07, 6.45) is 4.05. The molecule has 0 fully saturated rings. The first-order valence-corrected chi connectivity index (χ1v) is 7.11. The summed E-state index contributed by atoms with van der Waals surface area (Å²) in [6.45, 7) is 0. The monoisotopic (exact) mass is 287 g/mol. The highest BCUT2D eigenvalue weighted by molar-refractivity contribution is 7.92. The third-order valence-corrected chi connectivity index (χ3v) is 4.13. The highest BCUT2D eigenvalue weighted by Crippen LogP contribution is 2.26. The predicted octanol–water partition coefficient (Wildman–Crippen LogP) is 1.56. The van der Waals surface area contributed by atoms with Gasteiger partial charge in [0.25, 0.3) is 10.0 Å². The molecule has 3 N–H and O–H groups in total. The SMILES string of the molecule is N#Cc1c[nH]c2c(NS(=O)(=O)c3cnc[nH]3)cccc12. The van der Waals surface area contributed by atoms with Gasteiger partial charge in [-0.1, -0.05) is 12.1 Å². The van der Waals surface area contributed by atoms with E-state index in [0.717, 1.165) is 0 Å². The van der Waals surface area contributed by atoms with Crippen LogP contribution in [0.4, 0.5) is 5.69 Å². The van der Waals surface area contributed by atoms with Gasteiger partial charge in [-0.3, -0.25) is 4.72 Å². The number of benzene rings is 1. The van der Waals surface area contributed by atoms with E-state index in [9.17, 15) is 8.42 Å². The second kappa shape index (κ2) is 4.40. The van der Waals surface area contributed by atoms with Crippen LogP contribution in [0.3, 0.4) is 0 Å². The number of anilines is 1. The molecule has 0 radical (unpaired) electrons. The number of aromatic amines is 2. The smallest absolute Gasteiger partial charge is 0.279 e. The van der Waals surface area contributed by atoms with Gasteiger partial charge >= 0.3 is 0 Å². The molecule has 0 aliphatic heterocycles. The van der Waals surface area contributed by atoms with Gasteiger partial charge in [-0.05, 0) is 6.07 Å². The second-order valence-electron chi connectivity index (χ2n) is 4.06. The van der Waals surface area contributed by atoms with E-state index in [-0.39, 0.29) is 5.03 Å². The highest BCUT2D eigenvalue weighted by atomic mass is 32.2. The molecule has 7 nitrogen and oxygen atoms in total. The van der Waals surface area contributed by atoms with Crippen LogP contribution in [-0.2, 0) is 10.0 Å². The lowest BCUT2D eigenvalue weighted by Crippen LogP contribution is -2.13. The molecule has 0 amide bonds. The molecule has 0 aliphatic rings. The molecule has 8 heteroatoms. The molecule has 3 aromatic rings. The number of rotatable bonds is 3. The normalized spacial score (nSPS) is 11.3. The number of nitrogens with zero attached hydrogens (tertiary/aromatic N) is 2. The van der Waals surface area contributed by atoms with E-state index in [1.54, 1.807) is 24.4 Å². The van der Waals surface area contributed by atoms with Crippen LogP contribution in [0.5, 0.6) is 0 Å². The molecule has 0 atom stereocenters. The van der Waals surface area contributed by atoms with Gasteiger partial charge < -0.3 is 9.97 Å². The number of nitrogens with one attached hydrogen (secondary N) is 3. The zero-order chi connectivity index (χ0) is 14.2. The Balaban J connectivity index is 2.09. The van der Waals surface area contributed by atoms with Gasteiger partial charge in [-0.2, -0.15) is 13.7 Å². The number of H-pyrrole nitrogens is 2. The van der Waals surface area contributed by atoms with E-state index >= 15 is 0 Å². The second-order valence-corrected chi connectivity index (χ2v) is 5.71. The Bertz CT molecular complexity index is 903. The van der Waals surface area contributed by atoms with Crippen molar-refractivity contribution in [3.63, 3.8) is 0 Å². The number of aromatic nitrogens is 3. The fourth-order valence-electron chi connectivity index (χ4n) is 1.92. The summed E-state index contributed by atoms with van der Waals surface area (Å²) in [6, 6.07) is 7.09. The van der Waals surface area contributed by atoms with Gasteiger partial charge in [-0.25, -0.2) is 4.98 Å². The largest absolute Gasteiger partial charge is 0.358 e. The number of hydrogen-bond donors (Lipinski definition) is 3. The van der Waals surface area contributed by atoms with Crippen LogP contribution < -0.4 is 4.72 Å². The summed E-state index contributed by atoms with van der Waals surface area (Å²) in [5.74, 6) is 0. The van der Waals surface area contributed by atoms with E-state index in [1.165, 1.54) is 12.5 Å². The molecule has 0 saturated heterocycles. The van der Waals surface area contributed by atoms with E-state index < -0.39 is 10.0 Å². The summed E-state index contributed by atoms with van der Waals surface area (Å²) >= 11 is 0. The van der Waals surface area contributed by atoms with E-state index in [0.29, 0.717) is 22.2 Å². The molecule has 1 aromatic carbocycles. The first kappa shape index (κ1) is 12.3. The summed E-state index contributed by atoms with van der Waals surface area (Å²) in [7, 11) is -3.73. The van der Waals surface area contributed by atoms with Crippen molar-refractivity contribution in [2.45, 2.75) is 5.03 Å². The minimum atomic E-state index is -3.73. The van der Waals surface area contributed by atoms with Crippen molar-refractivity contribution < 1.29 is 8.42 Å². The van der Waals surface area contributed by atoms with Gasteiger partial charge in [0.05, 0.1) is 29.3 Å². The Morgan fingerprint density at radius 1 is 1.30 bits per heavy atom. The van der Waals surface area contributed by atoms with Crippen molar-refractivity contribution >= 4 is 26.6 Å². The molecule has 0 aliphatic carbocycles. The number of sulfonamides is 1. The van der Waals surface area contributed by atoms with Crippen LogP contribution in [0.25, 0.3) is 10.9 Å². The fraction of sp³-hybridized carbons (Fsp3) is 0. The molecule has 100 valence electrons. The number of hydrogen-bond acceptors (Lipinski definition) is 4. The third-order valence-electron chi connectivity index (χ3n) is 2.84. The fourth-order valence-corrected chi connectivity index (χ4v) is 2.90. The van der Waals surface area contributed by atoms with E-state index in [4.69, 9.17) is 5.26 Å². The van der Waals surface area contributed by atoms with E-state index in [1.807, 2.05) is 6.07 Å². The Labute approximate surface area is 114 Å². The molecule has 2 heterocycles. The van der Waals surface area contributed by atoms with Crippen LogP contribution in [0.15, 0.2) is 41.9 Å². The van der Waals surface area contributed by atoms with Crippen molar-refractivity contribution in [2.24, 2.45) is 0 Å². The molecule has 0 saturated carbocycles. The first-order chi connectivity index (χ1) is 9.62. The maximum Gasteiger partial charge on any atom is 0.279 e. The summed E-state index contributed by atoms with van der Waals surface area (Å²) in [5.41, 5.74) is 1.40. The molecule has 20 heavy (non-hydrogen) atoms. The zero-order valence-corrected chi connectivity index (χ0v) is 10.9. The molecule has 2 aromatic heterocycles. The minimum Gasteiger partial charge on any atom is -0.358 e. The van der Waals surface area contributed by atoms with Crippen LogP contribution in [0.1, 0.15) is 5.56 Å². The molecular weight excluding hydrogens is 278 g/mol. The van der Waals surface area contributed by atoms with Crippen molar-refractivity contribution in [3.8, 4) is 6.07 Å². The lowest BCUT2D eigenvalue weighted by molar-refractivity contribution is 0.598. The maximum absolute atomic E-state index is 12.1. The predicted molar refractivity (Wildman–Crippen MR) is 72.4 cm³/mol. The highest BCUT2D eigenvalue weighted by Gasteiger charge is 2.17. The minimum absolute atomic E-state index is 0.0263. The molecular formula is C12H9N5O2S. The number of fused-ring (bicyclic) bond motifs is 1. The number of imidazole rings is 1. The van der Waals surface area contributed by atoms with Crippen LogP contribution in [0, 0.1) is 11.3 Å². The quantitative estimate of drug-likeness (QED) is 0.678. The standard InChI is InChI=1S/C12H9N5O2S/c13-4-8-5-15-12-9(8)2-1-3-10(12)17-20(18,19)11-6-14-7-16-11/h1-3,5-7,15,17H,(H,14,16).